The summed E-state index contributed by atoms with van der Waals surface area (Å²) in [7, 11) is 0. The van der Waals surface area contributed by atoms with E-state index in [1.165, 1.54) is 11.0 Å². The van der Waals surface area contributed by atoms with E-state index in [1.54, 1.807) is 11.8 Å². The van der Waals surface area contributed by atoms with Gasteiger partial charge < -0.3 is 5.11 Å². The molecule has 1 N–H and O–H groups in total. The molecule has 1 unspecified atom stereocenters. The molecule has 0 spiro atoms. The zero-order chi connectivity index (χ0) is 11.5. The van der Waals surface area contributed by atoms with E-state index in [4.69, 9.17) is 0 Å². The molecule has 3 heteroatoms. The first kappa shape index (κ1) is 11.3. The molecule has 0 aromatic heterocycles. The minimum absolute atomic E-state index is 0.0164. The van der Waals surface area contributed by atoms with Crippen molar-refractivity contribution in [3.8, 4) is 0 Å². The van der Waals surface area contributed by atoms with Crippen molar-refractivity contribution in [1.82, 2.24) is 0 Å². The van der Waals surface area contributed by atoms with Crippen molar-refractivity contribution >= 4 is 17.5 Å². The van der Waals surface area contributed by atoms with Crippen LogP contribution in [0.5, 0.6) is 0 Å². The highest BCUT2D eigenvalue weighted by atomic mass is 32.2. The molecule has 0 radical (unpaired) electrons. The molecule has 0 saturated carbocycles. The maximum atomic E-state index is 11.3. The van der Waals surface area contributed by atoms with Gasteiger partial charge in [0, 0.05) is 23.8 Å². The molecule has 2 rings (SSSR count). The van der Waals surface area contributed by atoms with Crippen LogP contribution in [0.3, 0.4) is 0 Å². The molecule has 1 atom stereocenters. The number of aliphatic hydroxyl groups is 1. The topological polar surface area (TPSA) is 37.3 Å². The predicted molar refractivity (Wildman–Crippen MR) is 65.9 cm³/mol. The molecular formula is C13H14O2S. The van der Waals surface area contributed by atoms with Crippen molar-refractivity contribution in [1.29, 1.82) is 0 Å². The van der Waals surface area contributed by atoms with Gasteiger partial charge in [0.15, 0.2) is 5.78 Å². The number of carbonyl (C=O) groups is 1. The van der Waals surface area contributed by atoms with Crippen LogP contribution in [-0.2, 0) is 4.79 Å². The summed E-state index contributed by atoms with van der Waals surface area (Å²) in [6, 6.07) is 8.20. The molecule has 1 aromatic rings. The molecule has 1 aliphatic rings. The fraction of sp³-hybridized carbons (Fsp3) is 0.308. The van der Waals surface area contributed by atoms with Crippen LogP contribution in [0.2, 0.25) is 0 Å². The first-order chi connectivity index (χ1) is 7.69. The summed E-state index contributed by atoms with van der Waals surface area (Å²) < 4.78 is 0. The summed E-state index contributed by atoms with van der Waals surface area (Å²) in [5.74, 6) is 0.353. The highest BCUT2D eigenvalue weighted by Gasteiger charge is 2.21. The van der Waals surface area contributed by atoms with Crippen LogP contribution in [0.4, 0.5) is 0 Å². The molecule has 0 heterocycles. The van der Waals surface area contributed by atoms with Crippen molar-refractivity contribution in [3.63, 3.8) is 0 Å². The van der Waals surface area contributed by atoms with E-state index >= 15 is 0 Å². The Kier molecular flexibility index (Phi) is 3.34. The average molecular weight is 234 g/mol. The summed E-state index contributed by atoms with van der Waals surface area (Å²) in [5.41, 5.74) is 1.13. The third-order valence-corrected chi connectivity index (χ3v) is 3.56. The summed E-state index contributed by atoms with van der Waals surface area (Å²) in [4.78, 5) is 12.6. The van der Waals surface area contributed by atoms with Crippen molar-refractivity contribution < 1.29 is 9.90 Å². The number of hydrogen-bond donors (Lipinski definition) is 1. The van der Waals surface area contributed by atoms with Gasteiger partial charge in [0.2, 0.25) is 0 Å². The van der Waals surface area contributed by atoms with E-state index in [0.717, 1.165) is 5.56 Å². The fourth-order valence-electron chi connectivity index (χ4n) is 1.98. The first-order valence-corrected chi connectivity index (χ1v) is 6.48. The highest BCUT2D eigenvalue weighted by molar-refractivity contribution is 7.98. The van der Waals surface area contributed by atoms with E-state index < -0.39 is 0 Å². The predicted octanol–water partition coefficient (Wildman–Crippen LogP) is 3.30. The smallest absolute Gasteiger partial charge is 0.159 e. The Balaban J connectivity index is 2.18. The van der Waals surface area contributed by atoms with Crippen molar-refractivity contribution in [2.45, 2.75) is 23.7 Å². The van der Waals surface area contributed by atoms with Crippen LogP contribution in [0, 0.1) is 0 Å². The number of aliphatic hydroxyl groups excluding tert-OH is 1. The number of benzene rings is 1. The number of thioether (sulfide) groups is 1. The Morgan fingerprint density at radius 2 is 1.94 bits per heavy atom. The average Bonchev–Trinajstić information content (AvgIpc) is 2.28. The lowest BCUT2D eigenvalue weighted by molar-refractivity contribution is -0.115. The number of rotatable bonds is 2. The Morgan fingerprint density at radius 1 is 1.25 bits per heavy atom. The number of carbonyl (C=O) groups excluding carboxylic acids is 1. The van der Waals surface area contributed by atoms with Crippen LogP contribution in [0.25, 0.3) is 0 Å². The van der Waals surface area contributed by atoms with Gasteiger partial charge in [-0.15, -0.1) is 11.8 Å². The quantitative estimate of drug-likeness (QED) is 0.798. The third kappa shape index (κ3) is 2.47. The Hall–Kier alpha value is -1.22. The van der Waals surface area contributed by atoms with Crippen LogP contribution in [0.15, 0.2) is 41.0 Å². The van der Waals surface area contributed by atoms with Crippen LogP contribution < -0.4 is 0 Å². The van der Waals surface area contributed by atoms with Crippen LogP contribution >= 0.6 is 11.8 Å². The molecule has 0 aliphatic heterocycles. The van der Waals surface area contributed by atoms with Crippen LogP contribution in [-0.4, -0.2) is 17.1 Å². The lowest BCUT2D eigenvalue weighted by Gasteiger charge is -2.19. The van der Waals surface area contributed by atoms with Gasteiger partial charge in [0.1, 0.15) is 0 Å². The van der Waals surface area contributed by atoms with Gasteiger partial charge in [-0.25, -0.2) is 0 Å². The minimum Gasteiger partial charge on any atom is -0.512 e. The third-order valence-electron chi connectivity index (χ3n) is 2.82. The second-order valence-corrected chi connectivity index (χ2v) is 4.86. The van der Waals surface area contributed by atoms with Gasteiger partial charge in [-0.1, -0.05) is 12.1 Å². The molecule has 0 amide bonds. The summed E-state index contributed by atoms with van der Waals surface area (Å²) in [6.07, 6.45) is 4.45. The Morgan fingerprint density at radius 3 is 2.50 bits per heavy atom. The SMILES string of the molecule is CSc1ccc(C2CC(=O)C=C(O)C2)cc1. The molecule has 1 aromatic carbocycles. The van der Waals surface area contributed by atoms with Crippen molar-refractivity contribution in [2.24, 2.45) is 0 Å². The number of allylic oxidation sites excluding steroid dienone is 2. The molecule has 84 valence electrons. The zero-order valence-corrected chi connectivity index (χ0v) is 9.96. The summed E-state index contributed by atoms with van der Waals surface area (Å²) in [6.45, 7) is 0. The lowest BCUT2D eigenvalue weighted by atomic mass is 9.86. The highest BCUT2D eigenvalue weighted by Crippen LogP contribution is 2.31. The maximum Gasteiger partial charge on any atom is 0.159 e. The minimum atomic E-state index is 0.0164. The summed E-state index contributed by atoms with van der Waals surface area (Å²) >= 11 is 1.70. The monoisotopic (exact) mass is 234 g/mol. The molecule has 0 saturated heterocycles. The first-order valence-electron chi connectivity index (χ1n) is 5.25. The number of hydrogen-bond acceptors (Lipinski definition) is 3. The Bertz CT molecular complexity index is 420. The molecule has 16 heavy (non-hydrogen) atoms. The lowest BCUT2D eigenvalue weighted by Crippen LogP contribution is -2.12. The molecule has 0 bridgehead atoms. The Labute approximate surface area is 99.4 Å². The normalized spacial score (nSPS) is 20.7. The van der Waals surface area contributed by atoms with Gasteiger partial charge in [-0.3, -0.25) is 4.79 Å². The molecule has 1 aliphatic carbocycles. The van der Waals surface area contributed by atoms with Crippen LogP contribution in [0.1, 0.15) is 24.3 Å². The zero-order valence-electron chi connectivity index (χ0n) is 9.14. The van der Waals surface area contributed by atoms with E-state index in [9.17, 15) is 9.90 Å². The van der Waals surface area contributed by atoms with E-state index in [2.05, 4.69) is 12.1 Å². The second kappa shape index (κ2) is 4.74. The van der Waals surface area contributed by atoms with E-state index in [1.807, 2.05) is 18.4 Å². The van der Waals surface area contributed by atoms with Gasteiger partial charge >= 0.3 is 0 Å². The van der Waals surface area contributed by atoms with Gasteiger partial charge in [0.25, 0.3) is 0 Å². The van der Waals surface area contributed by atoms with E-state index in [-0.39, 0.29) is 17.5 Å². The molecular weight excluding hydrogens is 220 g/mol. The standard InChI is InChI=1S/C13H14O2S/c1-16-13-4-2-9(3-5-13)10-6-11(14)8-12(15)7-10/h2-5,8,10,14H,6-7H2,1H3. The van der Waals surface area contributed by atoms with Gasteiger partial charge in [-0.05, 0) is 29.9 Å². The van der Waals surface area contributed by atoms with Crippen molar-refractivity contribution in [2.75, 3.05) is 6.26 Å². The maximum absolute atomic E-state index is 11.3. The van der Waals surface area contributed by atoms with Gasteiger partial charge in [-0.2, -0.15) is 0 Å². The number of ketones is 1. The largest absolute Gasteiger partial charge is 0.512 e. The van der Waals surface area contributed by atoms with Gasteiger partial charge in [0.05, 0.1) is 5.76 Å². The second-order valence-electron chi connectivity index (χ2n) is 3.98. The molecule has 0 fully saturated rings. The molecule has 2 nitrogen and oxygen atoms in total. The van der Waals surface area contributed by atoms with E-state index in [0.29, 0.717) is 12.8 Å². The van der Waals surface area contributed by atoms with Crippen molar-refractivity contribution in [3.05, 3.63) is 41.7 Å². The summed E-state index contributed by atoms with van der Waals surface area (Å²) in [5, 5.41) is 9.45. The fourth-order valence-corrected chi connectivity index (χ4v) is 2.39.